The van der Waals surface area contributed by atoms with Gasteiger partial charge in [0, 0.05) is 37.6 Å². The lowest BCUT2D eigenvalue weighted by atomic mass is 10.1. The van der Waals surface area contributed by atoms with E-state index in [2.05, 4.69) is 35.9 Å². The zero-order valence-electron chi connectivity index (χ0n) is 12.4. The molecule has 1 saturated heterocycles. The van der Waals surface area contributed by atoms with Crippen LogP contribution in [0.2, 0.25) is 0 Å². The lowest BCUT2D eigenvalue weighted by Gasteiger charge is -2.46. The predicted octanol–water partition coefficient (Wildman–Crippen LogP) is 2.96. The first kappa shape index (κ1) is 13.0. The average Bonchev–Trinajstić information content (AvgIpc) is 3.30. The first-order chi connectivity index (χ1) is 9.72. The van der Waals surface area contributed by atoms with Gasteiger partial charge in [-0.3, -0.25) is 4.90 Å². The van der Waals surface area contributed by atoms with Crippen molar-refractivity contribution in [2.24, 2.45) is 0 Å². The highest BCUT2D eigenvalue weighted by Gasteiger charge is 2.34. The summed E-state index contributed by atoms with van der Waals surface area (Å²) in [5.74, 6) is 3.27. The first-order valence-electron chi connectivity index (χ1n) is 7.86. The highest BCUT2D eigenvalue weighted by molar-refractivity contribution is 7.99. The second-order valence-corrected chi connectivity index (χ2v) is 7.67. The Bertz CT molecular complexity index is 512. The molecule has 0 spiro atoms. The maximum Gasteiger partial charge on any atom is 0.142 e. The van der Waals surface area contributed by atoms with Gasteiger partial charge in [0.25, 0.3) is 0 Å². The predicted molar refractivity (Wildman–Crippen MR) is 84.8 cm³/mol. The summed E-state index contributed by atoms with van der Waals surface area (Å²) >= 11 is 2.02. The number of piperazine rings is 1. The van der Waals surface area contributed by atoms with Crippen LogP contribution >= 0.6 is 11.8 Å². The summed E-state index contributed by atoms with van der Waals surface area (Å²) in [7, 11) is 0. The number of fused-ring (bicyclic) bond motifs is 3. The Morgan fingerprint density at radius 3 is 2.90 bits per heavy atom. The third-order valence-electron chi connectivity index (χ3n) is 4.85. The number of nitrogens with zero attached hydrogens (tertiary/aromatic N) is 3. The average molecular weight is 289 g/mol. The summed E-state index contributed by atoms with van der Waals surface area (Å²) < 4.78 is 0. The Balaban J connectivity index is 1.58. The SMILES string of the molecule is CC(C)N1CCN2c3ncc(C4CC4)cc3SC[C@@H]2C1. The molecule has 0 amide bonds. The normalized spacial score (nSPS) is 26.6. The molecule has 3 aliphatic rings. The standard InChI is InChI=1S/C16H23N3S/c1-11(2)18-5-6-19-14(9-18)10-20-15-7-13(12-3-4-12)8-17-16(15)19/h7-8,11-12,14H,3-6,9-10H2,1-2H3/t14-/m0/s1. The van der Waals surface area contributed by atoms with Gasteiger partial charge >= 0.3 is 0 Å². The monoisotopic (exact) mass is 289 g/mol. The van der Waals surface area contributed by atoms with E-state index in [1.165, 1.54) is 48.0 Å². The molecule has 4 rings (SSSR count). The molecule has 0 aromatic carbocycles. The summed E-state index contributed by atoms with van der Waals surface area (Å²) in [6.07, 6.45) is 4.86. The van der Waals surface area contributed by atoms with Crippen molar-refractivity contribution in [3.8, 4) is 0 Å². The molecule has 0 N–H and O–H groups in total. The van der Waals surface area contributed by atoms with Crippen LogP contribution in [0.25, 0.3) is 0 Å². The van der Waals surface area contributed by atoms with Gasteiger partial charge in [0.05, 0.1) is 10.9 Å². The summed E-state index contributed by atoms with van der Waals surface area (Å²) in [6.45, 7) is 8.10. The Morgan fingerprint density at radius 2 is 2.15 bits per heavy atom. The van der Waals surface area contributed by atoms with Crippen LogP contribution in [0.3, 0.4) is 0 Å². The van der Waals surface area contributed by atoms with E-state index in [1.807, 2.05) is 11.8 Å². The molecule has 20 heavy (non-hydrogen) atoms. The summed E-state index contributed by atoms with van der Waals surface area (Å²) in [5.41, 5.74) is 1.47. The molecule has 108 valence electrons. The molecule has 4 heteroatoms. The van der Waals surface area contributed by atoms with Crippen LogP contribution in [0, 0.1) is 0 Å². The Morgan fingerprint density at radius 1 is 1.30 bits per heavy atom. The number of anilines is 1. The van der Waals surface area contributed by atoms with Crippen molar-refractivity contribution in [1.82, 2.24) is 9.88 Å². The Hall–Kier alpha value is -0.740. The van der Waals surface area contributed by atoms with Crippen LogP contribution in [0.5, 0.6) is 0 Å². The molecule has 0 bridgehead atoms. The lowest BCUT2D eigenvalue weighted by molar-refractivity contribution is 0.185. The highest BCUT2D eigenvalue weighted by atomic mass is 32.2. The zero-order valence-corrected chi connectivity index (χ0v) is 13.2. The minimum atomic E-state index is 0.642. The van der Waals surface area contributed by atoms with Gasteiger partial charge in [0.1, 0.15) is 5.82 Å². The van der Waals surface area contributed by atoms with E-state index in [-0.39, 0.29) is 0 Å². The fourth-order valence-corrected chi connectivity index (χ4v) is 4.55. The first-order valence-corrected chi connectivity index (χ1v) is 8.84. The fourth-order valence-electron chi connectivity index (χ4n) is 3.37. The quantitative estimate of drug-likeness (QED) is 0.833. The van der Waals surface area contributed by atoms with E-state index < -0.39 is 0 Å². The van der Waals surface area contributed by atoms with Gasteiger partial charge in [-0.1, -0.05) is 0 Å². The van der Waals surface area contributed by atoms with Gasteiger partial charge in [-0.2, -0.15) is 0 Å². The van der Waals surface area contributed by atoms with Crippen molar-refractivity contribution in [3.63, 3.8) is 0 Å². The maximum atomic E-state index is 4.82. The van der Waals surface area contributed by atoms with Crippen LogP contribution in [-0.4, -0.2) is 47.4 Å². The number of hydrogen-bond donors (Lipinski definition) is 0. The lowest BCUT2D eigenvalue weighted by Crippen LogP contribution is -2.57. The molecule has 3 heterocycles. The van der Waals surface area contributed by atoms with E-state index in [1.54, 1.807) is 0 Å². The molecule has 1 atom stereocenters. The minimum absolute atomic E-state index is 0.642. The second-order valence-electron chi connectivity index (χ2n) is 6.61. The Kier molecular flexibility index (Phi) is 3.19. The molecule has 2 aliphatic heterocycles. The topological polar surface area (TPSA) is 19.4 Å². The number of aromatic nitrogens is 1. The van der Waals surface area contributed by atoms with E-state index in [9.17, 15) is 0 Å². The van der Waals surface area contributed by atoms with Crippen molar-refractivity contribution < 1.29 is 0 Å². The molecule has 1 aromatic rings. The van der Waals surface area contributed by atoms with Gasteiger partial charge in [-0.25, -0.2) is 4.98 Å². The van der Waals surface area contributed by atoms with Gasteiger partial charge in [0.2, 0.25) is 0 Å². The van der Waals surface area contributed by atoms with E-state index in [0.29, 0.717) is 12.1 Å². The molecule has 0 radical (unpaired) electrons. The largest absolute Gasteiger partial charge is 0.349 e. The maximum absolute atomic E-state index is 4.82. The smallest absolute Gasteiger partial charge is 0.142 e. The number of pyridine rings is 1. The molecule has 0 unspecified atom stereocenters. The van der Waals surface area contributed by atoms with Crippen molar-refractivity contribution in [2.75, 3.05) is 30.3 Å². The number of thioether (sulfide) groups is 1. The van der Waals surface area contributed by atoms with Gasteiger partial charge in [0.15, 0.2) is 0 Å². The second kappa shape index (κ2) is 4.92. The van der Waals surface area contributed by atoms with E-state index in [4.69, 9.17) is 4.98 Å². The number of rotatable bonds is 2. The molecule has 1 saturated carbocycles. The number of hydrogen-bond acceptors (Lipinski definition) is 4. The molecule has 3 nitrogen and oxygen atoms in total. The molecule has 2 fully saturated rings. The molecular formula is C16H23N3S. The van der Waals surface area contributed by atoms with Crippen LogP contribution in [0.1, 0.15) is 38.2 Å². The minimum Gasteiger partial charge on any atom is -0.349 e. The zero-order chi connectivity index (χ0) is 13.7. The molecular weight excluding hydrogens is 266 g/mol. The van der Waals surface area contributed by atoms with Crippen molar-refractivity contribution >= 4 is 17.6 Å². The Labute approximate surface area is 125 Å². The van der Waals surface area contributed by atoms with E-state index >= 15 is 0 Å². The molecule has 1 aromatic heterocycles. The van der Waals surface area contributed by atoms with Gasteiger partial charge in [-0.05, 0) is 44.2 Å². The van der Waals surface area contributed by atoms with E-state index in [0.717, 1.165) is 12.5 Å². The van der Waals surface area contributed by atoms with Crippen LogP contribution in [0.4, 0.5) is 5.82 Å². The van der Waals surface area contributed by atoms with Crippen molar-refractivity contribution in [1.29, 1.82) is 0 Å². The summed E-state index contributed by atoms with van der Waals surface area (Å²) in [5, 5.41) is 0. The third-order valence-corrected chi connectivity index (χ3v) is 6.01. The third kappa shape index (κ3) is 2.23. The van der Waals surface area contributed by atoms with Gasteiger partial charge < -0.3 is 4.90 Å². The van der Waals surface area contributed by atoms with Gasteiger partial charge in [-0.15, -0.1) is 11.8 Å². The highest BCUT2D eigenvalue weighted by Crippen LogP contribution is 2.44. The summed E-state index contributed by atoms with van der Waals surface area (Å²) in [4.78, 5) is 11.4. The fraction of sp³-hybridized carbons (Fsp3) is 0.688. The molecule has 1 aliphatic carbocycles. The van der Waals surface area contributed by atoms with Crippen molar-refractivity contribution in [3.05, 3.63) is 17.8 Å². The van der Waals surface area contributed by atoms with Crippen molar-refractivity contribution in [2.45, 2.75) is 49.6 Å². The van der Waals surface area contributed by atoms with Crippen LogP contribution < -0.4 is 4.90 Å². The summed E-state index contributed by atoms with van der Waals surface area (Å²) in [6, 6.07) is 3.71. The van der Waals surface area contributed by atoms with Crippen LogP contribution in [0.15, 0.2) is 17.2 Å². The van der Waals surface area contributed by atoms with Crippen LogP contribution in [-0.2, 0) is 0 Å².